The lowest BCUT2D eigenvalue weighted by Gasteiger charge is -1.96. The number of hydrogen-bond donors (Lipinski definition) is 2. The molecule has 0 amide bonds. The third-order valence-electron chi connectivity index (χ3n) is 1.71. The Hall–Kier alpha value is -2.06. The molecule has 0 aliphatic rings. The second kappa shape index (κ2) is 4.98. The molecule has 1 rings (SSSR count). The molecule has 3 N–H and O–H groups in total. The molecule has 15 heavy (non-hydrogen) atoms. The SMILES string of the molecule is CNCC#Cc1cc(N)ccc1[N+](=O)[O-]. The maximum absolute atomic E-state index is 10.6. The Morgan fingerprint density at radius 2 is 2.33 bits per heavy atom. The Labute approximate surface area is 87.4 Å². The first-order valence-electron chi connectivity index (χ1n) is 4.32. The average Bonchev–Trinajstić information content (AvgIpc) is 2.18. The highest BCUT2D eigenvalue weighted by atomic mass is 16.6. The van der Waals surface area contributed by atoms with Gasteiger partial charge in [0.05, 0.1) is 11.5 Å². The zero-order valence-corrected chi connectivity index (χ0v) is 8.28. The molecule has 0 atom stereocenters. The Morgan fingerprint density at radius 1 is 1.60 bits per heavy atom. The molecule has 5 heteroatoms. The van der Waals surface area contributed by atoms with Crippen LogP contribution in [0.15, 0.2) is 18.2 Å². The van der Waals surface area contributed by atoms with E-state index in [1.54, 1.807) is 7.05 Å². The zero-order valence-electron chi connectivity index (χ0n) is 8.28. The van der Waals surface area contributed by atoms with Crippen LogP contribution in [0.4, 0.5) is 11.4 Å². The van der Waals surface area contributed by atoms with E-state index in [2.05, 4.69) is 17.2 Å². The Kier molecular flexibility index (Phi) is 3.66. The lowest BCUT2D eigenvalue weighted by atomic mass is 10.1. The van der Waals surface area contributed by atoms with Gasteiger partial charge in [-0.05, 0) is 19.2 Å². The summed E-state index contributed by atoms with van der Waals surface area (Å²) < 4.78 is 0. The summed E-state index contributed by atoms with van der Waals surface area (Å²) in [7, 11) is 1.75. The molecule has 0 bridgehead atoms. The van der Waals surface area contributed by atoms with E-state index in [0.717, 1.165) is 0 Å². The molecule has 0 aliphatic carbocycles. The summed E-state index contributed by atoms with van der Waals surface area (Å²) in [6, 6.07) is 4.35. The maximum atomic E-state index is 10.6. The fraction of sp³-hybridized carbons (Fsp3) is 0.200. The van der Waals surface area contributed by atoms with Gasteiger partial charge in [0.1, 0.15) is 5.56 Å². The van der Waals surface area contributed by atoms with E-state index in [4.69, 9.17) is 5.73 Å². The summed E-state index contributed by atoms with van der Waals surface area (Å²) in [5.74, 6) is 5.45. The number of nitrogens with two attached hydrogens (primary N) is 1. The van der Waals surface area contributed by atoms with Crippen molar-refractivity contribution in [2.45, 2.75) is 0 Å². The summed E-state index contributed by atoms with van der Waals surface area (Å²) in [4.78, 5) is 10.2. The number of nitro groups is 1. The summed E-state index contributed by atoms with van der Waals surface area (Å²) in [6.45, 7) is 0.478. The van der Waals surface area contributed by atoms with Crippen LogP contribution in [0, 0.1) is 22.0 Å². The van der Waals surface area contributed by atoms with Crippen LogP contribution in [0.2, 0.25) is 0 Å². The van der Waals surface area contributed by atoms with Crippen molar-refractivity contribution in [3.63, 3.8) is 0 Å². The van der Waals surface area contributed by atoms with E-state index >= 15 is 0 Å². The van der Waals surface area contributed by atoms with Crippen LogP contribution >= 0.6 is 0 Å². The number of nitrogens with zero attached hydrogens (tertiary/aromatic N) is 1. The minimum atomic E-state index is -0.469. The van der Waals surface area contributed by atoms with E-state index in [-0.39, 0.29) is 5.69 Å². The van der Waals surface area contributed by atoms with Gasteiger partial charge in [0, 0.05) is 11.8 Å². The topological polar surface area (TPSA) is 81.2 Å². The molecule has 1 aromatic rings. The monoisotopic (exact) mass is 205 g/mol. The molecule has 0 saturated heterocycles. The average molecular weight is 205 g/mol. The Bertz CT molecular complexity index is 432. The van der Waals surface area contributed by atoms with Crippen LogP contribution < -0.4 is 11.1 Å². The predicted molar refractivity (Wildman–Crippen MR) is 58.3 cm³/mol. The van der Waals surface area contributed by atoms with E-state index in [0.29, 0.717) is 17.8 Å². The highest BCUT2D eigenvalue weighted by molar-refractivity contribution is 5.58. The number of hydrogen-bond acceptors (Lipinski definition) is 4. The van der Waals surface area contributed by atoms with Crippen LogP contribution in [0.1, 0.15) is 5.56 Å². The molecule has 78 valence electrons. The molecule has 0 heterocycles. The third kappa shape index (κ3) is 2.97. The number of anilines is 1. The summed E-state index contributed by atoms with van der Waals surface area (Å²) in [5.41, 5.74) is 6.32. The standard InChI is InChI=1S/C10H11N3O2/c1-12-6-2-3-8-7-9(11)4-5-10(8)13(14)15/h4-5,7,12H,6,11H2,1H3. The Balaban J connectivity index is 3.09. The molecule has 0 unspecified atom stereocenters. The molecule has 0 aliphatic heterocycles. The first-order chi connectivity index (χ1) is 7.15. The molecule has 5 nitrogen and oxygen atoms in total. The fourth-order valence-corrected chi connectivity index (χ4v) is 1.04. The zero-order chi connectivity index (χ0) is 11.3. The van der Waals surface area contributed by atoms with Gasteiger partial charge in [-0.3, -0.25) is 10.1 Å². The van der Waals surface area contributed by atoms with E-state index in [9.17, 15) is 10.1 Å². The highest BCUT2D eigenvalue weighted by Gasteiger charge is 2.11. The normalized spacial score (nSPS) is 9.13. The number of nitrogens with one attached hydrogen (secondary N) is 1. The fourth-order valence-electron chi connectivity index (χ4n) is 1.04. The summed E-state index contributed by atoms with van der Waals surface area (Å²) >= 11 is 0. The smallest absolute Gasteiger partial charge is 0.285 e. The number of rotatable bonds is 2. The second-order valence-corrected chi connectivity index (χ2v) is 2.87. The molecule has 0 fully saturated rings. The lowest BCUT2D eigenvalue weighted by Crippen LogP contribution is -2.04. The number of benzene rings is 1. The van der Waals surface area contributed by atoms with Crippen LogP contribution in [-0.2, 0) is 0 Å². The lowest BCUT2D eigenvalue weighted by molar-refractivity contribution is -0.385. The van der Waals surface area contributed by atoms with Crippen molar-refractivity contribution in [1.29, 1.82) is 0 Å². The van der Waals surface area contributed by atoms with Gasteiger partial charge in [-0.2, -0.15) is 0 Å². The molecule has 0 spiro atoms. The van der Waals surface area contributed by atoms with E-state index in [1.165, 1.54) is 18.2 Å². The van der Waals surface area contributed by atoms with Gasteiger partial charge in [-0.15, -0.1) is 0 Å². The maximum Gasteiger partial charge on any atom is 0.285 e. The van der Waals surface area contributed by atoms with Crippen molar-refractivity contribution < 1.29 is 4.92 Å². The van der Waals surface area contributed by atoms with Gasteiger partial charge in [0.25, 0.3) is 5.69 Å². The van der Waals surface area contributed by atoms with Crippen molar-refractivity contribution in [2.75, 3.05) is 19.3 Å². The van der Waals surface area contributed by atoms with Crippen molar-refractivity contribution in [3.8, 4) is 11.8 Å². The van der Waals surface area contributed by atoms with Crippen molar-refractivity contribution in [1.82, 2.24) is 5.32 Å². The van der Waals surface area contributed by atoms with Crippen molar-refractivity contribution >= 4 is 11.4 Å². The molecule has 1 aromatic carbocycles. The number of nitrogen functional groups attached to an aromatic ring is 1. The molecular formula is C10H11N3O2. The quantitative estimate of drug-likeness (QED) is 0.323. The van der Waals surface area contributed by atoms with Gasteiger partial charge in [-0.1, -0.05) is 11.8 Å². The largest absolute Gasteiger partial charge is 0.399 e. The van der Waals surface area contributed by atoms with Gasteiger partial charge in [-0.25, -0.2) is 0 Å². The molecule has 0 radical (unpaired) electrons. The van der Waals surface area contributed by atoms with Gasteiger partial charge >= 0.3 is 0 Å². The van der Waals surface area contributed by atoms with Crippen LogP contribution in [0.25, 0.3) is 0 Å². The molecule has 0 aromatic heterocycles. The van der Waals surface area contributed by atoms with Gasteiger partial charge in [0.15, 0.2) is 0 Å². The second-order valence-electron chi connectivity index (χ2n) is 2.87. The first-order valence-corrected chi connectivity index (χ1v) is 4.32. The summed E-state index contributed by atoms with van der Waals surface area (Å²) in [6.07, 6.45) is 0. The molecule has 0 saturated carbocycles. The minimum Gasteiger partial charge on any atom is -0.399 e. The summed E-state index contributed by atoms with van der Waals surface area (Å²) in [5, 5.41) is 13.5. The van der Waals surface area contributed by atoms with Gasteiger partial charge < -0.3 is 11.1 Å². The predicted octanol–water partition coefficient (Wildman–Crippen LogP) is 0.748. The van der Waals surface area contributed by atoms with E-state index < -0.39 is 4.92 Å². The number of nitro benzene ring substituents is 1. The van der Waals surface area contributed by atoms with Crippen LogP contribution in [0.5, 0.6) is 0 Å². The highest BCUT2D eigenvalue weighted by Crippen LogP contribution is 2.19. The molecular weight excluding hydrogens is 194 g/mol. The van der Waals surface area contributed by atoms with Crippen LogP contribution in [-0.4, -0.2) is 18.5 Å². The van der Waals surface area contributed by atoms with E-state index in [1.807, 2.05) is 0 Å². The van der Waals surface area contributed by atoms with Crippen LogP contribution in [0.3, 0.4) is 0 Å². The first kappa shape index (κ1) is 11.0. The third-order valence-corrected chi connectivity index (χ3v) is 1.71. The minimum absolute atomic E-state index is 0.0206. The van der Waals surface area contributed by atoms with Crippen molar-refractivity contribution in [3.05, 3.63) is 33.9 Å². The Morgan fingerprint density at radius 3 is 2.93 bits per heavy atom. The van der Waals surface area contributed by atoms with Gasteiger partial charge in [0.2, 0.25) is 0 Å². The van der Waals surface area contributed by atoms with Crippen molar-refractivity contribution in [2.24, 2.45) is 0 Å².